The Kier molecular flexibility index (Phi) is 3.42. The van der Waals surface area contributed by atoms with Crippen LogP contribution in [0, 0.1) is 5.92 Å². The van der Waals surface area contributed by atoms with E-state index >= 15 is 0 Å². The van der Waals surface area contributed by atoms with Crippen LogP contribution in [-0.2, 0) is 4.74 Å². The lowest BCUT2D eigenvalue weighted by Crippen LogP contribution is -2.44. The summed E-state index contributed by atoms with van der Waals surface area (Å²) in [5, 5.41) is 13.2. The van der Waals surface area contributed by atoms with Gasteiger partial charge in [0, 0.05) is 18.7 Å². The van der Waals surface area contributed by atoms with Gasteiger partial charge in [0.2, 0.25) is 0 Å². The van der Waals surface area contributed by atoms with E-state index in [4.69, 9.17) is 4.74 Å². The van der Waals surface area contributed by atoms with Crippen molar-refractivity contribution in [2.24, 2.45) is 5.92 Å². The summed E-state index contributed by atoms with van der Waals surface area (Å²) >= 11 is 0. The van der Waals surface area contributed by atoms with Crippen LogP contribution in [0.3, 0.4) is 0 Å². The second-order valence-corrected chi connectivity index (χ2v) is 4.68. The fraction of sp³-hybridized carbons (Fsp3) is 1.00. The number of nitrogens with one attached hydrogen (secondary N) is 1. The Morgan fingerprint density at radius 3 is 2.79 bits per heavy atom. The maximum atomic E-state index is 9.69. The summed E-state index contributed by atoms with van der Waals surface area (Å²) < 4.78 is 5.37. The molecule has 2 rings (SSSR count). The number of ether oxygens (including phenoxy) is 1. The lowest BCUT2D eigenvalue weighted by molar-refractivity contribution is 0.132. The third kappa shape index (κ3) is 2.27. The highest BCUT2D eigenvalue weighted by molar-refractivity contribution is 4.87. The largest absolute Gasteiger partial charge is 0.392 e. The zero-order chi connectivity index (χ0) is 9.97. The number of hydrogen-bond acceptors (Lipinski definition) is 3. The number of aliphatic hydroxyl groups excluding tert-OH is 1. The van der Waals surface area contributed by atoms with Crippen molar-refractivity contribution in [1.82, 2.24) is 5.32 Å². The third-order valence-electron chi connectivity index (χ3n) is 3.63. The van der Waals surface area contributed by atoms with Gasteiger partial charge in [0.05, 0.1) is 12.7 Å². The molecule has 82 valence electrons. The molecule has 3 nitrogen and oxygen atoms in total. The molecule has 14 heavy (non-hydrogen) atoms. The Labute approximate surface area is 85.8 Å². The molecule has 0 aromatic heterocycles. The summed E-state index contributed by atoms with van der Waals surface area (Å²) in [6.45, 7) is 4.01. The molecule has 3 heteroatoms. The first-order valence-electron chi connectivity index (χ1n) is 5.79. The Morgan fingerprint density at radius 1 is 1.36 bits per heavy atom. The molecular formula is C11H21NO2. The van der Waals surface area contributed by atoms with Crippen LogP contribution in [0.1, 0.15) is 32.6 Å². The Balaban J connectivity index is 1.78. The molecule has 2 unspecified atom stereocenters. The van der Waals surface area contributed by atoms with E-state index in [0.29, 0.717) is 18.0 Å². The van der Waals surface area contributed by atoms with Crippen molar-refractivity contribution in [2.75, 3.05) is 13.2 Å². The van der Waals surface area contributed by atoms with Crippen LogP contribution in [0.25, 0.3) is 0 Å². The summed E-state index contributed by atoms with van der Waals surface area (Å²) in [6, 6.07) is 0.806. The molecule has 2 N–H and O–H groups in total. The number of aliphatic hydroxyl groups is 1. The van der Waals surface area contributed by atoms with Gasteiger partial charge in [0.25, 0.3) is 0 Å². The molecule has 1 heterocycles. The third-order valence-corrected chi connectivity index (χ3v) is 3.63. The van der Waals surface area contributed by atoms with Crippen molar-refractivity contribution in [3.63, 3.8) is 0 Å². The van der Waals surface area contributed by atoms with Crippen molar-refractivity contribution in [3.05, 3.63) is 0 Å². The molecule has 0 aromatic carbocycles. The van der Waals surface area contributed by atoms with Gasteiger partial charge in [-0.1, -0.05) is 0 Å². The van der Waals surface area contributed by atoms with E-state index in [1.54, 1.807) is 0 Å². The number of hydrogen-bond donors (Lipinski definition) is 2. The fourth-order valence-electron chi connectivity index (χ4n) is 2.56. The minimum atomic E-state index is -0.125. The van der Waals surface area contributed by atoms with Gasteiger partial charge in [-0.15, -0.1) is 0 Å². The number of rotatable bonds is 3. The average molecular weight is 199 g/mol. The molecule has 1 aliphatic carbocycles. The van der Waals surface area contributed by atoms with E-state index in [-0.39, 0.29) is 6.10 Å². The zero-order valence-corrected chi connectivity index (χ0v) is 8.91. The SMILES string of the molecule is CC(N[C@@H]1CCC[C@H]1O)C1CCOC1. The molecule has 0 spiro atoms. The van der Waals surface area contributed by atoms with Gasteiger partial charge in [0.15, 0.2) is 0 Å². The van der Waals surface area contributed by atoms with Crippen molar-refractivity contribution in [2.45, 2.75) is 50.8 Å². The van der Waals surface area contributed by atoms with Gasteiger partial charge in [-0.05, 0) is 38.5 Å². The molecule has 1 saturated heterocycles. The smallest absolute Gasteiger partial charge is 0.0693 e. The van der Waals surface area contributed by atoms with Crippen LogP contribution in [0.4, 0.5) is 0 Å². The normalized spacial score (nSPS) is 40.3. The zero-order valence-electron chi connectivity index (χ0n) is 8.91. The standard InChI is InChI=1S/C11H21NO2/c1-8(9-5-6-14-7-9)12-10-3-2-4-11(10)13/h8-13H,2-7H2,1H3/t8?,9?,10-,11-/m1/s1. The molecule has 0 radical (unpaired) electrons. The summed E-state index contributed by atoms with van der Waals surface area (Å²) in [4.78, 5) is 0. The predicted molar refractivity (Wildman–Crippen MR) is 55.2 cm³/mol. The minimum absolute atomic E-state index is 0.125. The highest BCUT2D eigenvalue weighted by Gasteiger charge is 2.29. The van der Waals surface area contributed by atoms with Crippen LogP contribution in [0.2, 0.25) is 0 Å². The predicted octanol–water partition coefficient (Wildman–Crippen LogP) is 0.914. The van der Waals surface area contributed by atoms with Gasteiger partial charge in [0.1, 0.15) is 0 Å². The lowest BCUT2D eigenvalue weighted by Gasteiger charge is -2.25. The summed E-state index contributed by atoms with van der Waals surface area (Å²) in [5.74, 6) is 0.641. The highest BCUT2D eigenvalue weighted by Crippen LogP contribution is 2.22. The quantitative estimate of drug-likeness (QED) is 0.710. The van der Waals surface area contributed by atoms with Crippen molar-refractivity contribution in [1.29, 1.82) is 0 Å². The molecule has 2 aliphatic rings. The Bertz CT molecular complexity index is 180. The van der Waals surface area contributed by atoms with Gasteiger partial charge in [-0.2, -0.15) is 0 Å². The fourth-order valence-corrected chi connectivity index (χ4v) is 2.56. The van der Waals surface area contributed by atoms with Crippen molar-refractivity contribution < 1.29 is 9.84 Å². The molecular weight excluding hydrogens is 178 g/mol. The van der Waals surface area contributed by atoms with Crippen LogP contribution in [0.5, 0.6) is 0 Å². The first-order valence-corrected chi connectivity index (χ1v) is 5.79. The summed E-state index contributed by atoms with van der Waals surface area (Å²) in [7, 11) is 0. The first-order chi connectivity index (χ1) is 6.77. The van der Waals surface area contributed by atoms with E-state index in [0.717, 1.165) is 38.9 Å². The van der Waals surface area contributed by atoms with E-state index in [1.165, 1.54) is 0 Å². The Hall–Kier alpha value is -0.120. The van der Waals surface area contributed by atoms with E-state index in [1.807, 2.05) is 0 Å². The summed E-state index contributed by atoms with van der Waals surface area (Å²) in [5.41, 5.74) is 0. The van der Waals surface area contributed by atoms with E-state index in [9.17, 15) is 5.11 Å². The average Bonchev–Trinajstić information content (AvgIpc) is 2.77. The van der Waals surface area contributed by atoms with E-state index in [2.05, 4.69) is 12.2 Å². The van der Waals surface area contributed by atoms with Crippen LogP contribution < -0.4 is 5.32 Å². The van der Waals surface area contributed by atoms with Gasteiger partial charge >= 0.3 is 0 Å². The maximum Gasteiger partial charge on any atom is 0.0693 e. The van der Waals surface area contributed by atoms with Gasteiger partial charge in [-0.25, -0.2) is 0 Å². The van der Waals surface area contributed by atoms with Crippen LogP contribution >= 0.6 is 0 Å². The molecule has 2 fully saturated rings. The van der Waals surface area contributed by atoms with Crippen molar-refractivity contribution >= 4 is 0 Å². The lowest BCUT2D eigenvalue weighted by atomic mass is 9.99. The molecule has 1 saturated carbocycles. The van der Waals surface area contributed by atoms with Gasteiger partial charge < -0.3 is 15.2 Å². The first kappa shape index (κ1) is 10.4. The maximum absolute atomic E-state index is 9.69. The molecule has 0 aromatic rings. The molecule has 1 aliphatic heterocycles. The molecule has 0 bridgehead atoms. The van der Waals surface area contributed by atoms with E-state index < -0.39 is 0 Å². The Morgan fingerprint density at radius 2 is 2.21 bits per heavy atom. The second kappa shape index (κ2) is 4.60. The van der Waals surface area contributed by atoms with Crippen LogP contribution in [0.15, 0.2) is 0 Å². The minimum Gasteiger partial charge on any atom is -0.392 e. The summed E-state index contributed by atoms with van der Waals surface area (Å²) in [6.07, 6.45) is 4.29. The van der Waals surface area contributed by atoms with Crippen LogP contribution in [-0.4, -0.2) is 36.5 Å². The van der Waals surface area contributed by atoms with Gasteiger partial charge in [-0.3, -0.25) is 0 Å². The molecule has 0 amide bonds. The van der Waals surface area contributed by atoms with Crippen molar-refractivity contribution in [3.8, 4) is 0 Å². The monoisotopic (exact) mass is 199 g/mol. The second-order valence-electron chi connectivity index (χ2n) is 4.68. The topological polar surface area (TPSA) is 41.5 Å². The highest BCUT2D eigenvalue weighted by atomic mass is 16.5. The molecule has 4 atom stereocenters.